The summed E-state index contributed by atoms with van der Waals surface area (Å²) >= 11 is 4.50. The van der Waals surface area contributed by atoms with E-state index in [9.17, 15) is 14.4 Å². The van der Waals surface area contributed by atoms with Gasteiger partial charge in [0.05, 0.1) is 25.1 Å². The Bertz CT molecular complexity index is 646. The van der Waals surface area contributed by atoms with E-state index in [1.807, 2.05) is 26.6 Å². The fraction of sp³-hybridized carbons (Fsp3) is 0.737. The van der Waals surface area contributed by atoms with Crippen molar-refractivity contribution in [3.63, 3.8) is 0 Å². The maximum absolute atomic E-state index is 12.9. The van der Waals surface area contributed by atoms with Crippen LogP contribution in [0.3, 0.4) is 0 Å². The highest BCUT2D eigenvalue weighted by Gasteiger charge is 2.57. The first-order chi connectivity index (χ1) is 13.1. The molecule has 0 aliphatic carbocycles. The van der Waals surface area contributed by atoms with Crippen molar-refractivity contribution in [2.24, 2.45) is 11.8 Å². The largest absolute Gasteiger partial charge is 0.466 e. The van der Waals surface area contributed by atoms with Crippen molar-refractivity contribution in [3.05, 3.63) is 12.7 Å². The Morgan fingerprint density at radius 1 is 1.17 bits per heavy atom. The van der Waals surface area contributed by atoms with Gasteiger partial charge in [0.15, 0.2) is 14.2 Å². The van der Waals surface area contributed by atoms with Crippen LogP contribution in [0.25, 0.3) is 0 Å². The molecule has 0 aromatic rings. The Morgan fingerprint density at radius 2 is 1.72 bits per heavy atom. The van der Waals surface area contributed by atoms with Crippen LogP contribution in [0.2, 0.25) is 39.3 Å². The molecule has 1 heterocycles. The third-order valence-electron chi connectivity index (χ3n) is 4.78. The lowest BCUT2D eigenvalue weighted by Crippen LogP contribution is -2.67. The minimum absolute atomic E-state index is 0.0524. The SMILES string of the molecule is C=CCOC(=O)C(C(=O)OC(C)[Si](C)(C)C)C1C(=O)N(C(C)O[Si](C)(C)C)C1S. The highest BCUT2D eigenvalue weighted by atomic mass is 32.1. The van der Waals surface area contributed by atoms with Crippen molar-refractivity contribution in [1.29, 1.82) is 0 Å². The van der Waals surface area contributed by atoms with Gasteiger partial charge in [-0.1, -0.05) is 32.3 Å². The molecular formula is C19H35NO6SSi2. The monoisotopic (exact) mass is 461 g/mol. The van der Waals surface area contributed by atoms with Gasteiger partial charge in [-0.15, -0.1) is 0 Å². The first-order valence-electron chi connectivity index (χ1n) is 9.78. The van der Waals surface area contributed by atoms with E-state index in [1.165, 1.54) is 11.0 Å². The summed E-state index contributed by atoms with van der Waals surface area (Å²) in [6, 6.07) is 0. The van der Waals surface area contributed by atoms with E-state index in [2.05, 4.69) is 38.8 Å². The maximum atomic E-state index is 12.9. The molecule has 5 unspecified atom stereocenters. The number of β-lactam (4-membered cyclic amide) rings is 1. The number of hydrogen-bond donors (Lipinski definition) is 1. The summed E-state index contributed by atoms with van der Waals surface area (Å²) in [5.41, 5.74) is -0.316. The van der Waals surface area contributed by atoms with Gasteiger partial charge in [0.1, 0.15) is 12.8 Å². The van der Waals surface area contributed by atoms with Gasteiger partial charge in [-0.05, 0) is 33.5 Å². The van der Waals surface area contributed by atoms with Gasteiger partial charge in [0.2, 0.25) is 5.91 Å². The smallest absolute Gasteiger partial charge is 0.321 e. The van der Waals surface area contributed by atoms with E-state index < -0.39 is 51.8 Å². The van der Waals surface area contributed by atoms with Crippen molar-refractivity contribution >= 4 is 46.9 Å². The maximum Gasteiger partial charge on any atom is 0.321 e. The average molecular weight is 462 g/mol. The van der Waals surface area contributed by atoms with Gasteiger partial charge >= 0.3 is 11.9 Å². The van der Waals surface area contributed by atoms with Crippen molar-refractivity contribution < 1.29 is 28.3 Å². The van der Waals surface area contributed by atoms with E-state index in [0.717, 1.165) is 0 Å². The summed E-state index contributed by atoms with van der Waals surface area (Å²) in [4.78, 5) is 39.8. The molecule has 1 fully saturated rings. The minimum Gasteiger partial charge on any atom is -0.466 e. The zero-order valence-electron chi connectivity index (χ0n) is 18.7. The number of carbonyl (C=O) groups is 3. The van der Waals surface area contributed by atoms with Crippen LogP contribution in [-0.2, 0) is 28.3 Å². The number of esters is 2. The van der Waals surface area contributed by atoms with Crippen molar-refractivity contribution in [1.82, 2.24) is 4.90 Å². The summed E-state index contributed by atoms with van der Waals surface area (Å²) in [6.45, 7) is 19.3. The van der Waals surface area contributed by atoms with E-state index in [-0.39, 0.29) is 18.2 Å². The number of ether oxygens (including phenoxy) is 2. The molecule has 0 saturated carbocycles. The van der Waals surface area contributed by atoms with Gasteiger partial charge in [0, 0.05) is 0 Å². The van der Waals surface area contributed by atoms with Crippen molar-refractivity contribution in [2.45, 2.75) is 70.5 Å². The van der Waals surface area contributed by atoms with E-state index in [4.69, 9.17) is 13.9 Å². The molecule has 0 radical (unpaired) electrons. The Kier molecular flexibility index (Phi) is 8.76. The molecule has 1 rings (SSSR count). The highest BCUT2D eigenvalue weighted by molar-refractivity contribution is 7.81. The van der Waals surface area contributed by atoms with Crippen LogP contribution in [0.1, 0.15) is 13.8 Å². The number of rotatable bonds is 10. The summed E-state index contributed by atoms with van der Waals surface area (Å²) < 4.78 is 16.6. The third-order valence-corrected chi connectivity index (χ3v) is 8.96. The lowest BCUT2D eigenvalue weighted by atomic mass is 9.84. The third kappa shape index (κ3) is 6.69. The van der Waals surface area contributed by atoms with Crippen LogP contribution in [0.4, 0.5) is 0 Å². The lowest BCUT2D eigenvalue weighted by Gasteiger charge is -2.50. The van der Waals surface area contributed by atoms with Crippen LogP contribution >= 0.6 is 12.6 Å². The summed E-state index contributed by atoms with van der Waals surface area (Å²) in [5, 5.41) is -0.648. The molecule has 5 atom stereocenters. The quantitative estimate of drug-likeness (QED) is 0.134. The second-order valence-electron chi connectivity index (χ2n) is 9.36. The average Bonchev–Trinajstić information content (AvgIpc) is 2.54. The predicted molar refractivity (Wildman–Crippen MR) is 121 cm³/mol. The van der Waals surface area contributed by atoms with Gasteiger partial charge in [-0.3, -0.25) is 14.4 Å². The molecule has 7 nitrogen and oxygen atoms in total. The molecule has 0 aromatic heterocycles. The molecule has 0 spiro atoms. The molecule has 1 amide bonds. The van der Waals surface area contributed by atoms with Gasteiger partial charge < -0.3 is 18.8 Å². The number of hydrogen-bond acceptors (Lipinski definition) is 7. The molecule has 1 aliphatic heterocycles. The molecule has 0 aromatic carbocycles. The van der Waals surface area contributed by atoms with Crippen LogP contribution in [0.5, 0.6) is 0 Å². The summed E-state index contributed by atoms with van der Waals surface area (Å²) in [5.74, 6) is -4.23. The fourth-order valence-electron chi connectivity index (χ4n) is 2.84. The topological polar surface area (TPSA) is 82.1 Å². The zero-order chi connectivity index (χ0) is 22.7. The molecule has 0 bridgehead atoms. The van der Waals surface area contributed by atoms with Gasteiger partial charge in [0.25, 0.3) is 0 Å². The highest BCUT2D eigenvalue weighted by Crippen LogP contribution is 2.39. The van der Waals surface area contributed by atoms with E-state index in [1.54, 1.807) is 6.92 Å². The fourth-order valence-corrected chi connectivity index (χ4v) is 5.05. The molecule has 1 aliphatic rings. The molecule has 166 valence electrons. The van der Waals surface area contributed by atoms with Crippen LogP contribution < -0.4 is 0 Å². The Labute approximate surface area is 181 Å². The van der Waals surface area contributed by atoms with Crippen LogP contribution in [0.15, 0.2) is 12.7 Å². The number of carbonyl (C=O) groups excluding carboxylic acids is 3. The molecule has 10 heteroatoms. The second-order valence-corrected chi connectivity index (χ2v) is 19.9. The van der Waals surface area contributed by atoms with Gasteiger partial charge in [-0.25, -0.2) is 0 Å². The number of nitrogens with zero attached hydrogens (tertiary/aromatic N) is 1. The number of thiol groups is 1. The van der Waals surface area contributed by atoms with Crippen molar-refractivity contribution in [2.75, 3.05) is 6.61 Å². The molecule has 0 N–H and O–H groups in total. The minimum atomic E-state index is -1.90. The number of amides is 1. The molecule has 29 heavy (non-hydrogen) atoms. The normalized spacial score (nSPS) is 22.9. The summed E-state index contributed by atoms with van der Waals surface area (Å²) in [7, 11) is -3.69. The zero-order valence-corrected chi connectivity index (χ0v) is 21.6. The standard InChI is InChI=1S/C19H35NO6SSi2/c1-10-11-24-18(22)15(19(23)25-13(3)28(4,5)6)14-16(21)20(17(14)27)12(2)26-29(7,8)9/h10,12-15,17,27H,1,11H2,2-9H3. The second kappa shape index (κ2) is 9.80. The molecule has 1 saturated heterocycles. The Hall–Kier alpha value is -1.11. The molecular weight excluding hydrogens is 426 g/mol. The number of likely N-dealkylation sites (tertiary alicyclic amines) is 1. The van der Waals surface area contributed by atoms with E-state index >= 15 is 0 Å². The van der Waals surface area contributed by atoms with Gasteiger partial charge in [-0.2, -0.15) is 12.6 Å². The van der Waals surface area contributed by atoms with Crippen LogP contribution in [0, 0.1) is 11.8 Å². The first kappa shape index (κ1) is 25.9. The van der Waals surface area contributed by atoms with Crippen molar-refractivity contribution in [3.8, 4) is 0 Å². The summed E-state index contributed by atoms with van der Waals surface area (Å²) in [6.07, 6.45) is 0.914. The lowest BCUT2D eigenvalue weighted by molar-refractivity contribution is -0.183. The first-order valence-corrected chi connectivity index (χ1v) is 17.3. The Morgan fingerprint density at radius 3 is 2.14 bits per heavy atom. The Balaban J connectivity index is 3.05. The van der Waals surface area contributed by atoms with Crippen LogP contribution in [-0.4, -0.2) is 63.1 Å². The van der Waals surface area contributed by atoms with E-state index in [0.29, 0.717) is 0 Å². The predicted octanol–water partition coefficient (Wildman–Crippen LogP) is 3.05.